The number of nitrogens with zero attached hydrogens (tertiary/aromatic N) is 4. The first-order valence-corrected chi connectivity index (χ1v) is 7.82. The van der Waals surface area contributed by atoms with E-state index in [1.54, 1.807) is 6.33 Å². The summed E-state index contributed by atoms with van der Waals surface area (Å²) in [5.41, 5.74) is 4.56. The third-order valence-corrected chi connectivity index (χ3v) is 3.30. The van der Waals surface area contributed by atoms with Crippen molar-refractivity contribution in [3.63, 3.8) is 0 Å². The first kappa shape index (κ1) is 22.7. The Labute approximate surface area is 148 Å². The van der Waals surface area contributed by atoms with Gasteiger partial charge in [0, 0.05) is 32.6 Å². The summed E-state index contributed by atoms with van der Waals surface area (Å²) in [6.07, 6.45) is 3.87. The van der Waals surface area contributed by atoms with Crippen LogP contribution in [0.4, 0.5) is 20.7 Å². The van der Waals surface area contributed by atoms with Crippen LogP contribution in [-0.4, -0.2) is 60.1 Å². The fourth-order valence-corrected chi connectivity index (χ4v) is 1.73. The maximum atomic E-state index is 11.3. The molecule has 4 N–H and O–H groups in total. The molecule has 0 spiro atoms. The molecule has 0 aliphatic carbocycles. The Morgan fingerprint density at radius 3 is 2.50 bits per heavy atom. The van der Waals surface area contributed by atoms with Crippen molar-refractivity contribution in [2.24, 2.45) is 5.73 Å². The SMILES string of the molecule is CC(F)(F)CN.CCCCNc1ncnc(N2CC(NC)C2)n1.Cl. The maximum Gasteiger partial charge on any atom is 0.257 e. The second-order valence-corrected chi connectivity index (χ2v) is 5.55. The minimum Gasteiger partial charge on any atom is -0.354 e. The zero-order valence-corrected chi connectivity index (χ0v) is 15.2. The molecule has 0 atom stereocenters. The van der Waals surface area contributed by atoms with Gasteiger partial charge in [0.15, 0.2) is 0 Å². The topological polar surface area (TPSA) is 92.0 Å². The van der Waals surface area contributed by atoms with Crippen LogP contribution in [-0.2, 0) is 0 Å². The summed E-state index contributed by atoms with van der Waals surface area (Å²) >= 11 is 0. The number of nitrogens with one attached hydrogen (secondary N) is 2. The Hall–Kier alpha value is -1.32. The molecular formula is C14H28ClF2N7. The Morgan fingerprint density at radius 2 is 2.00 bits per heavy atom. The lowest BCUT2D eigenvalue weighted by Gasteiger charge is -2.38. The number of aromatic nitrogens is 3. The summed E-state index contributed by atoms with van der Waals surface area (Å²) in [6.45, 7) is 5.24. The molecule has 0 saturated carbocycles. The molecule has 0 amide bonds. The molecule has 0 aromatic carbocycles. The number of hydrogen-bond donors (Lipinski definition) is 3. The molecule has 2 heterocycles. The van der Waals surface area contributed by atoms with E-state index >= 15 is 0 Å². The fraction of sp³-hybridized carbons (Fsp3) is 0.786. The number of unbranched alkanes of at least 4 members (excludes halogenated alkanes) is 1. The standard InChI is InChI=1S/C11H20N6.C3H7F2N.ClH/c1-3-4-5-13-10-14-8-15-11(16-10)17-6-9(7-17)12-2;1-3(4,5)2-6;/h8-9,12H,3-7H2,1-2H3,(H,13,14,15,16);2,6H2,1H3;1H. The van der Waals surface area contributed by atoms with Gasteiger partial charge in [0.25, 0.3) is 5.92 Å². The smallest absolute Gasteiger partial charge is 0.257 e. The lowest BCUT2D eigenvalue weighted by atomic mass is 10.1. The number of likely N-dealkylation sites (N-methyl/N-ethyl adjacent to an activating group) is 1. The van der Waals surface area contributed by atoms with E-state index in [1.807, 2.05) is 7.05 Å². The lowest BCUT2D eigenvalue weighted by molar-refractivity contribution is 0.0321. The molecule has 1 saturated heterocycles. The summed E-state index contributed by atoms with van der Waals surface area (Å²) in [7, 11) is 1.98. The van der Waals surface area contributed by atoms with Crippen LogP contribution in [0.2, 0.25) is 0 Å². The molecule has 7 nitrogen and oxygen atoms in total. The number of alkyl halides is 2. The van der Waals surface area contributed by atoms with E-state index in [2.05, 4.69) is 43.1 Å². The molecule has 140 valence electrons. The molecule has 10 heteroatoms. The van der Waals surface area contributed by atoms with Gasteiger partial charge in [-0.15, -0.1) is 12.4 Å². The van der Waals surface area contributed by atoms with Gasteiger partial charge in [-0.25, -0.2) is 18.7 Å². The van der Waals surface area contributed by atoms with Crippen molar-refractivity contribution in [2.75, 3.05) is 43.4 Å². The summed E-state index contributed by atoms with van der Waals surface area (Å²) in [4.78, 5) is 14.9. The van der Waals surface area contributed by atoms with Crippen molar-refractivity contribution in [3.05, 3.63) is 6.33 Å². The van der Waals surface area contributed by atoms with Crippen LogP contribution in [0.15, 0.2) is 6.33 Å². The van der Waals surface area contributed by atoms with Crippen LogP contribution in [0.1, 0.15) is 26.7 Å². The zero-order chi connectivity index (χ0) is 17.3. The van der Waals surface area contributed by atoms with Crippen molar-refractivity contribution in [1.82, 2.24) is 20.3 Å². The molecule has 1 aromatic heterocycles. The molecule has 0 radical (unpaired) electrons. The van der Waals surface area contributed by atoms with Crippen LogP contribution in [0.5, 0.6) is 0 Å². The van der Waals surface area contributed by atoms with E-state index in [9.17, 15) is 8.78 Å². The van der Waals surface area contributed by atoms with Crippen LogP contribution >= 0.6 is 12.4 Å². The van der Waals surface area contributed by atoms with Gasteiger partial charge in [0.05, 0.1) is 6.54 Å². The van der Waals surface area contributed by atoms with Crippen molar-refractivity contribution < 1.29 is 8.78 Å². The summed E-state index contributed by atoms with van der Waals surface area (Å²) in [5, 5.41) is 6.44. The lowest BCUT2D eigenvalue weighted by Crippen LogP contribution is -2.57. The molecule has 1 aliphatic rings. The van der Waals surface area contributed by atoms with Crippen LogP contribution < -0.4 is 21.3 Å². The molecule has 1 aliphatic heterocycles. The number of anilines is 2. The zero-order valence-electron chi connectivity index (χ0n) is 14.4. The first-order chi connectivity index (χ1) is 10.9. The van der Waals surface area contributed by atoms with Gasteiger partial charge in [-0.2, -0.15) is 4.98 Å². The van der Waals surface area contributed by atoms with Crippen molar-refractivity contribution in [2.45, 2.75) is 38.7 Å². The number of hydrogen-bond acceptors (Lipinski definition) is 7. The quantitative estimate of drug-likeness (QED) is 0.629. The highest BCUT2D eigenvalue weighted by molar-refractivity contribution is 5.85. The average molecular weight is 368 g/mol. The fourth-order valence-electron chi connectivity index (χ4n) is 1.73. The minimum absolute atomic E-state index is 0. The van der Waals surface area contributed by atoms with Crippen LogP contribution in [0.25, 0.3) is 0 Å². The van der Waals surface area contributed by atoms with Gasteiger partial charge in [-0.3, -0.25) is 0 Å². The number of rotatable bonds is 7. The first-order valence-electron chi connectivity index (χ1n) is 7.82. The molecule has 24 heavy (non-hydrogen) atoms. The monoisotopic (exact) mass is 367 g/mol. The summed E-state index contributed by atoms with van der Waals surface area (Å²) in [5.74, 6) is -1.23. The normalized spacial score (nSPS) is 14.2. The van der Waals surface area contributed by atoms with Gasteiger partial charge in [-0.1, -0.05) is 13.3 Å². The number of nitrogens with two attached hydrogens (primary N) is 1. The molecular weight excluding hydrogens is 340 g/mol. The van der Waals surface area contributed by atoms with Gasteiger partial charge >= 0.3 is 0 Å². The van der Waals surface area contributed by atoms with Crippen molar-refractivity contribution in [3.8, 4) is 0 Å². The van der Waals surface area contributed by atoms with Crippen molar-refractivity contribution in [1.29, 1.82) is 0 Å². The second kappa shape index (κ2) is 11.3. The molecule has 1 fully saturated rings. The van der Waals surface area contributed by atoms with Gasteiger partial charge in [-0.05, 0) is 13.5 Å². The maximum absolute atomic E-state index is 11.3. The van der Waals surface area contributed by atoms with Crippen molar-refractivity contribution >= 4 is 24.3 Å². The predicted octanol–water partition coefficient (Wildman–Crippen LogP) is 1.51. The largest absolute Gasteiger partial charge is 0.354 e. The molecule has 0 unspecified atom stereocenters. The molecule has 0 bridgehead atoms. The Morgan fingerprint density at radius 1 is 1.38 bits per heavy atom. The summed E-state index contributed by atoms with van der Waals surface area (Å²) < 4.78 is 22.7. The second-order valence-electron chi connectivity index (χ2n) is 5.55. The van der Waals surface area contributed by atoms with E-state index in [0.29, 0.717) is 12.0 Å². The highest BCUT2D eigenvalue weighted by Gasteiger charge is 2.27. The van der Waals surface area contributed by atoms with E-state index in [0.717, 1.165) is 38.9 Å². The van der Waals surface area contributed by atoms with Crippen LogP contribution in [0.3, 0.4) is 0 Å². The van der Waals surface area contributed by atoms with E-state index in [1.165, 1.54) is 6.42 Å². The van der Waals surface area contributed by atoms with E-state index in [4.69, 9.17) is 0 Å². The molecule has 1 aromatic rings. The van der Waals surface area contributed by atoms with Gasteiger partial charge in [0.2, 0.25) is 11.9 Å². The average Bonchev–Trinajstić information content (AvgIpc) is 2.47. The third-order valence-electron chi connectivity index (χ3n) is 3.30. The predicted molar refractivity (Wildman–Crippen MR) is 95.2 cm³/mol. The third kappa shape index (κ3) is 8.51. The van der Waals surface area contributed by atoms with E-state index in [-0.39, 0.29) is 12.4 Å². The van der Waals surface area contributed by atoms with Gasteiger partial charge < -0.3 is 21.3 Å². The Bertz CT molecular complexity index is 453. The van der Waals surface area contributed by atoms with Crippen LogP contribution in [0, 0.1) is 0 Å². The Kier molecular flexibility index (Phi) is 10.7. The summed E-state index contributed by atoms with van der Waals surface area (Å²) in [6, 6.07) is 0.559. The van der Waals surface area contributed by atoms with Gasteiger partial charge in [0.1, 0.15) is 6.33 Å². The van der Waals surface area contributed by atoms with E-state index < -0.39 is 12.5 Å². The highest BCUT2D eigenvalue weighted by atomic mass is 35.5. The highest BCUT2D eigenvalue weighted by Crippen LogP contribution is 2.16. The number of halogens is 3. The Balaban J connectivity index is 0.000000655. The minimum atomic E-state index is -2.68. The molecule has 2 rings (SSSR count).